The van der Waals surface area contributed by atoms with Crippen molar-refractivity contribution in [1.29, 1.82) is 5.26 Å². The lowest BCUT2D eigenvalue weighted by molar-refractivity contribution is 0.0531. The molecule has 0 atom stereocenters. The molecule has 6 heteroatoms. The number of carbonyl (C=O) groups excluding carboxylic acids is 1. The molecular weight excluding hydrogens is 216 g/mol. The fraction of sp³-hybridized carbons (Fsp3) is 0.333. The highest BCUT2D eigenvalue weighted by Crippen LogP contribution is 2.37. The van der Waals surface area contributed by atoms with E-state index in [0.717, 1.165) is 11.3 Å². The van der Waals surface area contributed by atoms with Crippen molar-refractivity contribution in [2.75, 3.05) is 12.3 Å². The molecule has 0 aliphatic carbocycles. The lowest BCUT2D eigenvalue weighted by Crippen LogP contribution is -2.03. The highest BCUT2D eigenvalue weighted by molar-refractivity contribution is 7.18. The number of nitrogens with two attached hydrogens (primary N) is 1. The van der Waals surface area contributed by atoms with Gasteiger partial charge in [0.1, 0.15) is 9.88 Å². The first-order valence-electron chi connectivity index (χ1n) is 4.23. The fourth-order valence-corrected chi connectivity index (χ4v) is 1.98. The summed E-state index contributed by atoms with van der Waals surface area (Å²) < 4.78 is 9.49. The molecule has 5 nitrogen and oxygen atoms in total. The molecule has 0 amide bonds. The molecule has 0 unspecified atom stereocenters. The summed E-state index contributed by atoms with van der Waals surface area (Å²) in [5.41, 5.74) is 6.14. The minimum absolute atomic E-state index is 0.241. The van der Waals surface area contributed by atoms with Crippen LogP contribution in [0.2, 0.25) is 0 Å². The first-order chi connectivity index (χ1) is 7.11. The number of anilines is 1. The highest BCUT2D eigenvalue weighted by Gasteiger charge is 2.20. The third-order valence-corrected chi connectivity index (χ3v) is 2.81. The maximum absolute atomic E-state index is 11.4. The van der Waals surface area contributed by atoms with Gasteiger partial charge >= 0.3 is 5.97 Å². The number of carbonyl (C=O) groups is 1. The first-order valence-corrected chi connectivity index (χ1v) is 5.05. The van der Waals surface area contributed by atoms with Crippen LogP contribution in [0.3, 0.4) is 0 Å². The normalized spacial score (nSPS) is 9.40. The van der Waals surface area contributed by atoms with Crippen LogP contribution in [-0.4, -0.2) is 12.6 Å². The van der Waals surface area contributed by atoms with Crippen LogP contribution in [0.5, 0.6) is 5.75 Å². The van der Waals surface area contributed by atoms with Gasteiger partial charge in [0.2, 0.25) is 0 Å². The SMILES string of the molecule is CCOC(=O)c1sc(N)c(OC#N)c1C. The van der Waals surface area contributed by atoms with Crippen LogP contribution in [0.4, 0.5) is 5.00 Å². The standard InChI is InChI=1S/C9H10N2O3S/c1-3-13-9(12)7-5(2)6(14-4-10)8(11)15-7/h3,11H2,1-2H3. The molecule has 1 aromatic rings. The number of nitriles is 1. The van der Waals surface area contributed by atoms with Crippen molar-refractivity contribution in [3.8, 4) is 12.0 Å². The Labute approximate surface area is 91.0 Å². The Morgan fingerprint density at radius 2 is 2.33 bits per heavy atom. The highest BCUT2D eigenvalue weighted by atomic mass is 32.1. The Hall–Kier alpha value is -1.74. The molecule has 0 aromatic carbocycles. The molecule has 2 N–H and O–H groups in total. The van der Waals surface area contributed by atoms with Gasteiger partial charge in [-0.05, 0) is 13.8 Å². The first kappa shape index (κ1) is 11.3. The molecule has 1 aromatic heterocycles. The van der Waals surface area contributed by atoms with Crippen molar-refractivity contribution >= 4 is 22.3 Å². The minimum atomic E-state index is -0.445. The van der Waals surface area contributed by atoms with Gasteiger partial charge in [-0.1, -0.05) is 0 Å². The smallest absolute Gasteiger partial charge is 0.348 e. The summed E-state index contributed by atoms with van der Waals surface area (Å²) in [5, 5.41) is 8.68. The third-order valence-electron chi connectivity index (χ3n) is 1.73. The monoisotopic (exact) mass is 226 g/mol. The second kappa shape index (κ2) is 4.66. The molecule has 0 aliphatic heterocycles. The number of rotatable bonds is 3. The summed E-state index contributed by atoms with van der Waals surface area (Å²) >= 11 is 1.06. The van der Waals surface area contributed by atoms with Gasteiger partial charge in [0.25, 0.3) is 6.26 Å². The van der Waals surface area contributed by atoms with Crippen molar-refractivity contribution in [1.82, 2.24) is 0 Å². The van der Waals surface area contributed by atoms with Gasteiger partial charge in [0.15, 0.2) is 5.75 Å². The molecule has 0 bridgehead atoms. The number of esters is 1. The molecule has 1 heterocycles. The summed E-state index contributed by atoms with van der Waals surface area (Å²) in [6.07, 6.45) is 1.52. The van der Waals surface area contributed by atoms with E-state index >= 15 is 0 Å². The Bertz CT molecular complexity index is 420. The summed E-state index contributed by atoms with van der Waals surface area (Å²) in [6.45, 7) is 3.67. The van der Waals surface area contributed by atoms with Gasteiger partial charge in [0, 0.05) is 5.56 Å². The van der Waals surface area contributed by atoms with E-state index in [1.807, 2.05) is 0 Å². The van der Waals surface area contributed by atoms with E-state index in [4.69, 9.17) is 15.7 Å². The number of thiophene rings is 1. The molecule has 1 rings (SSSR count). The number of nitrogens with zero attached hydrogens (tertiary/aromatic N) is 1. The lowest BCUT2D eigenvalue weighted by Gasteiger charge is -1.99. The predicted molar refractivity (Wildman–Crippen MR) is 55.7 cm³/mol. The maximum Gasteiger partial charge on any atom is 0.348 e. The predicted octanol–water partition coefficient (Wildman–Crippen LogP) is 1.68. The van der Waals surface area contributed by atoms with E-state index in [9.17, 15) is 4.79 Å². The third kappa shape index (κ3) is 2.19. The molecule has 0 aliphatic rings. The molecule has 0 saturated carbocycles. The average Bonchev–Trinajstić information content (AvgIpc) is 2.47. The Balaban J connectivity index is 3.07. The molecule has 0 radical (unpaired) electrons. The number of hydrogen-bond donors (Lipinski definition) is 1. The summed E-state index contributed by atoms with van der Waals surface area (Å²) in [5.74, 6) is -0.204. The van der Waals surface area contributed by atoms with Crippen molar-refractivity contribution in [3.63, 3.8) is 0 Å². The van der Waals surface area contributed by atoms with Crippen LogP contribution in [0.25, 0.3) is 0 Å². The summed E-state index contributed by atoms with van der Waals surface area (Å²) in [4.78, 5) is 11.8. The topological polar surface area (TPSA) is 85.3 Å². The molecule has 0 saturated heterocycles. The van der Waals surface area contributed by atoms with Crippen LogP contribution < -0.4 is 10.5 Å². The molecule has 0 spiro atoms. The maximum atomic E-state index is 11.4. The Kier molecular flexibility index (Phi) is 3.52. The van der Waals surface area contributed by atoms with Gasteiger partial charge in [0.05, 0.1) is 6.61 Å². The van der Waals surface area contributed by atoms with Crippen molar-refractivity contribution in [2.45, 2.75) is 13.8 Å². The minimum Gasteiger partial charge on any atom is -0.462 e. The Morgan fingerprint density at radius 1 is 1.67 bits per heavy atom. The molecule has 0 fully saturated rings. The summed E-state index contributed by atoms with van der Waals surface area (Å²) in [7, 11) is 0. The largest absolute Gasteiger partial charge is 0.462 e. The zero-order chi connectivity index (χ0) is 11.4. The van der Waals surface area contributed by atoms with Crippen LogP contribution >= 0.6 is 11.3 Å². The van der Waals surface area contributed by atoms with Crippen LogP contribution in [0.1, 0.15) is 22.2 Å². The molecule has 15 heavy (non-hydrogen) atoms. The van der Waals surface area contributed by atoms with E-state index in [1.54, 1.807) is 13.8 Å². The van der Waals surface area contributed by atoms with Crippen molar-refractivity contribution in [3.05, 3.63) is 10.4 Å². The van der Waals surface area contributed by atoms with Gasteiger partial charge in [-0.3, -0.25) is 0 Å². The Morgan fingerprint density at radius 3 is 2.87 bits per heavy atom. The fourth-order valence-electron chi connectivity index (χ4n) is 1.08. The van der Waals surface area contributed by atoms with Gasteiger partial charge in [-0.15, -0.1) is 16.6 Å². The number of nitrogen functional groups attached to an aromatic ring is 1. The zero-order valence-electron chi connectivity index (χ0n) is 8.36. The van der Waals surface area contributed by atoms with Crippen molar-refractivity contribution in [2.24, 2.45) is 0 Å². The average molecular weight is 226 g/mol. The molecular formula is C9H10N2O3S. The van der Waals surface area contributed by atoms with Gasteiger partial charge < -0.3 is 15.2 Å². The van der Waals surface area contributed by atoms with Gasteiger partial charge in [-0.2, -0.15) is 0 Å². The van der Waals surface area contributed by atoms with E-state index < -0.39 is 5.97 Å². The van der Waals surface area contributed by atoms with E-state index in [2.05, 4.69) is 4.74 Å². The van der Waals surface area contributed by atoms with Crippen molar-refractivity contribution < 1.29 is 14.3 Å². The van der Waals surface area contributed by atoms with E-state index in [-0.39, 0.29) is 5.75 Å². The number of ether oxygens (including phenoxy) is 2. The van der Waals surface area contributed by atoms with Crippen LogP contribution in [0, 0.1) is 18.4 Å². The summed E-state index contributed by atoms with van der Waals surface area (Å²) in [6, 6.07) is 0. The second-order valence-corrected chi connectivity index (χ2v) is 3.72. The quantitative estimate of drug-likeness (QED) is 0.626. The molecule has 80 valence electrons. The van der Waals surface area contributed by atoms with E-state index in [1.165, 1.54) is 6.26 Å². The number of hydrogen-bond acceptors (Lipinski definition) is 6. The van der Waals surface area contributed by atoms with E-state index in [0.29, 0.717) is 22.0 Å². The second-order valence-electron chi connectivity index (χ2n) is 2.66. The van der Waals surface area contributed by atoms with Crippen LogP contribution in [0.15, 0.2) is 0 Å². The lowest BCUT2D eigenvalue weighted by atomic mass is 10.2. The van der Waals surface area contributed by atoms with Crippen LogP contribution in [-0.2, 0) is 4.74 Å². The van der Waals surface area contributed by atoms with Gasteiger partial charge in [-0.25, -0.2) is 4.79 Å². The zero-order valence-corrected chi connectivity index (χ0v) is 9.18.